The Balaban J connectivity index is 1.85. The standard InChI is InChI=1S/C14H14N6O/c1-10-9-13(19(2)18-10)17-14(21)11-5-3-6-12(16-11)20-8-4-7-15-20/h3-9H,1-2H3,(H,17,21). The Labute approximate surface area is 121 Å². The number of aromatic nitrogens is 5. The van der Waals surface area contributed by atoms with E-state index in [1.807, 2.05) is 6.92 Å². The fraction of sp³-hybridized carbons (Fsp3) is 0.143. The Hall–Kier alpha value is -2.96. The number of carbonyl (C=O) groups is 1. The lowest BCUT2D eigenvalue weighted by Crippen LogP contribution is -2.16. The molecule has 0 fully saturated rings. The molecule has 7 nitrogen and oxygen atoms in total. The number of nitrogens with one attached hydrogen (secondary N) is 1. The quantitative estimate of drug-likeness (QED) is 0.791. The number of pyridine rings is 1. The van der Waals surface area contributed by atoms with Gasteiger partial charge in [-0.3, -0.25) is 9.48 Å². The number of hydrogen-bond donors (Lipinski definition) is 1. The van der Waals surface area contributed by atoms with Crippen molar-refractivity contribution < 1.29 is 4.79 Å². The van der Waals surface area contributed by atoms with Crippen LogP contribution in [0, 0.1) is 6.92 Å². The molecule has 3 heterocycles. The SMILES string of the molecule is Cc1cc(NC(=O)c2cccc(-n3cccn3)n2)n(C)n1. The lowest BCUT2D eigenvalue weighted by Gasteiger charge is -2.06. The van der Waals surface area contributed by atoms with Crippen molar-refractivity contribution in [2.24, 2.45) is 7.05 Å². The van der Waals surface area contributed by atoms with Gasteiger partial charge < -0.3 is 5.32 Å². The molecule has 0 aliphatic rings. The molecule has 0 radical (unpaired) electrons. The zero-order valence-corrected chi connectivity index (χ0v) is 11.7. The number of nitrogens with zero attached hydrogens (tertiary/aromatic N) is 5. The van der Waals surface area contributed by atoms with Crippen LogP contribution < -0.4 is 5.32 Å². The summed E-state index contributed by atoms with van der Waals surface area (Å²) in [5.74, 6) is 0.935. The number of anilines is 1. The number of rotatable bonds is 3. The molecule has 1 amide bonds. The van der Waals surface area contributed by atoms with E-state index in [2.05, 4.69) is 20.5 Å². The summed E-state index contributed by atoms with van der Waals surface area (Å²) in [6.07, 6.45) is 3.43. The van der Waals surface area contributed by atoms with E-state index in [1.165, 1.54) is 0 Å². The minimum Gasteiger partial charge on any atom is -0.305 e. The summed E-state index contributed by atoms with van der Waals surface area (Å²) in [7, 11) is 1.77. The van der Waals surface area contributed by atoms with E-state index >= 15 is 0 Å². The maximum Gasteiger partial charge on any atom is 0.275 e. The first-order valence-electron chi connectivity index (χ1n) is 6.42. The lowest BCUT2D eigenvalue weighted by molar-refractivity contribution is 0.102. The Morgan fingerprint density at radius 3 is 2.81 bits per heavy atom. The van der Waals surface area contributed by atoms with Gasteiger partial charge in [-0.05, 0) is 25.1 Å². The van der Waals surface area contributed by atoms with Crippen molar-refractivity contribution in [3.63, 3.8) is 0 Å². The first kappa shape index (κ1) is 13.0. The summed E-state index contributed by atoms with van der Waals surface area (Å²) in [5, 5.41) is 11.1. The van der Waals surface area contributed by atoms with Gasteiger partial charge in [-0.15, -0.1) is 0 Å². The van der Waals surface area contributed by atoms with E-state index in [0.717, 1.165) is 5.69 Å². The van der Waals surface area contributed by atoms with Crippen molar-refractivity contribution in [1.29, 1.82) is 0 Å². The van der Waals surface area contributed by atoms with E-state index in [9.17, 15) is 4.79 Å². The van der Waals surface area contributed by atoms with Crippen molar-refractivity contribution in [2.45, 2.75) is 6.92 Å². The van der Waals surface area contributed by atoms with Crippen LogP contribution in [0.5, 0.6) is 0 Å². The molecule has 0 aliphatic carbocycles. The second-order valence-electron chi connectivity index (χ2n) is 4.58. The summed E-state index contributed by atoms with van der Waals surface area (Å²) in [4.78, 5) is 16.6. The number of hydrogen-bond acceptors (Lipinski definition) is 4. The summed E-state index contributed by atoms with van der Waals surface area (Å²) >= 11 is 0. The molecular weight excluding hydrogens is 268 g/mol. The highest BCUT2D eigenvalue weighted by molar-refractivity contribution is 6.02. The van der Waals surface area contributed by atoms with Gasteiger partial charge in [0.2, 0.25) is 0 Å². The summed E-state index contributed by atoms with van der Waals surface area (Å²) < 4.78 is 3.22. The molecule has 3 aromatic rings. The predicted octanol–water partition coefficient (Wildman–Crippen LogP) is 1.56. The average Bonchev–Trinajstić information content (AvgIpc) is 3.09. The van der Waals surface area contributed by atoms with E-state index in [0.29, 0.717) is 17.3 Å². The monoisotopic (exact) mass is 282 g/mol. The molecule has 0 aliphatic heterocycles. The van der Waals surface area contributed by atoms with Gasteiger partial charge in [0.15, 0.2) is 5.82 Å². The Morgan fingerprint density at radius 1 is 1.29 bits per heavy atom. The summed E-state index contributed by atoms with van der Waals surface area (Å²) in [6.45, 7) is 1.87. The van der Waals surface area contributed by atoms with Gasteiger partial charge in [-0.2, -0.15) is 10.2 Å². The third-order valence-corrected chi connectivity index (χ3v) is 2.95. The maximum atomic E-state index is 12.3. The normalized spacial score (nSPS) is 10.6. The molecule has 0 unspecified atom stereocenters. The first-order chi connectivity index (χ1) is 10.1. The highest BCUT2D eigenvalue weighted by atomic mass is 16.2. The van der Waals surface area contributed by atoms with Crippen molar-refractivity contribution in [2.75, 3.05) is 5.32 Å². The number of amides is 1. The smallest absolute Gasteiger partial charge is 0.275 e. The topological polar surface area (TPSA) is 77.6 Å². The minimum absolute atomic E-state index is 0.285. The molecule has 21 heavy (non-hydrogen) atoms. The van der Waals surface area contributed by atoms with Crippen LogP contribution in [0.4, 0.5) is 5.82 Å². The van der Waals surface area contributed by atoms with Gasteiger partial charge in [-0.25, -0.2) is 9.67 Å². The van der Waals surface area contributed by atoms with Gasteiger partial charge in [0.25, 0.3) is 5.91 Å². The van der Waals surface area contributed by atoms with Crippen LogP contribution >= 0.6 is 0 Å². The van der Waals surface area contributed by atoms with Gasteiger partial charge in [0.1, 0.15) is 11.5 Å². The third kappa shape index (κ3) is 2.66. The fourth-order valence-electron chi connectivity index (χ4n) is 1.99. The molecular formula is C14H14N6O. The Morgan fingerprint density at radius 2 is 2.14 bits per heavy atom. The molecule has 3 rings (SSSR count). The van der Waals surface area contributed by atoms with Crippen LogP contribution in [-0.2, 0) is 7.05 Å². The van der Waals surface area contributed by atoms with Crippen molar-refractivity contribution in [1.82, 2.24) is 24.5 Å². The third-order valence-electron chi connectivity index (χ3n) is 2.95. The van der Waals surface area contributed by atoms with Crippen molar-refractivity contribution in [3.8, 4) is 5.82 Å². The molecule has 0 aromatic carbocycles. The van der Waals surface area contributed by atoms with Gasteiger partial charge in [-0.1, -0.05) is 6.07 Å². The van der Waals surface area contributed by atoms with Crippen molar-refractivity contribution in [3.05, 3.63) is 54.1 Å². The molecule has 0 saturated carbocycles. The van der Waals surface area contributed by atoms with Gasteiger partial charge in [0, 0.05) is 25.5 Å². The molecule has 0 spiro atoms. The van der Waals surface area contributed by atoms with E-state index in [-0.39, 0.29) is 5.91 Å². The fourth-order valence-corrected chi connectivity index (χ4v) is 1.99. The molecule has 7 heteroatoms. The van der Waals surface area contributed by atoms with Crippen LogP contribution in [0.25, 0.3) is 5.82 Å². The zero-order chi connectivity index (χ0) is 14.8. The number of carbonyl (C=O) groups excluding carboxylic acids is 1. The van der Waals surface area contributed by atoms with E-state index in [1.54, 1.807) is 59.1 Å². The molecule has 0 saturated heterocycles. The Kier molecular flexibility index (Phi) is 3.23. The highest BCUT2D eigenvalue weighted by Crippen LogP contribution is 2.10. The lowest BCUT2D eigenvalue weighted by atomic mass is 10.3. The molecule has 0 bridgehead atoms. The summed E-state index contributed by atoms with van der Waals surface area (Å²) in [6, 6.07) is 8.82. The zero-order valence-electron chi connectivity index (χ0n) is 11.7. The van der Waals surface area contributed by atoms with Crippen LogP contribution in [0.3, 0.4) is 0 Å². The van der Waals surface area contributed by atoms with Crippen molar-refractivity contribution >= 4 is 11.7 Å². The predicted molar refractivity (Wildman–Crippen MR) is 77.3 cm³/mol. The molecule has 3 aromatic heterocycles. The summed E-state index contributed by atoms with van der Waals surface area (Å²) in [5.41, 5.74) is 1.16. The maximum absolute atomic E-state index is 12.3. The Bertz CT molecular complexity index is 775. The average molecular weight is 282 g/mol. The van der Waals surface area contributed by atoms with Crippen LogP contribution in [0.2, 0.25) is 0 Å². The van der Waals surface area contributed by atoms with Crippen LogP contribution in [0.15, 0.2) is 42.7 Å². The first-order valence-corrected chi connectivity index (χ1v) is 6.42. The van der Waals surface area contributed by atoms with Gasteiger partial charge >= 0.3 is 0 Å². The van der Waals surface area contributed by atoms with Crippen LogP contribution in [0.1, 0.15) is 16.2 Å². The molecule has 0 atom stereocenters. The minimum atomic E-state index is -0.285. The second-order valence-corrected chi connectivity index (χ2v) is 4.58. The van der Waals surface area contributed by atoms with Crippen LogP contribution in [-0.4, -0.2) is 30.5 Å². The largest absolute Gasteiger partial charge is 0.305 e. The highest BCUT2D eigenvalue weighted by Gasteiger charge is 2.11. The second kappa shape index (κ2) is 5.20. The number of aryl methyl sites for hydroxylation is 2. The van der Waals surface area contributed by atoms with Gasteiger partial charge in [0.05, 0.1) is 5.69 Å². The molecule has 106 valence electrons. The molecule has 1 N–H and O–H groups in total. The van der Waals surface area contributed by atoms with E-state index < -0.39 is 0 Å². The van der Waals surface area contributed by atoms with E-state index in [4.69, 9.17) is 0 Å².